The normalized spacial score (nSPS) is 30.2. The van der Waals surface area contributed by atoms with Crippen molar-refractivity contribution >= 4 is 5.97 Å². The highest BCUT2D eigenvalue weighted by atomic mass is 16.4. The molecule has 0 aromatic heterocycles. The molecule has 0 amide bonds. The van der Waals surface area contributed by atoms with Gasteiger partial charge in [-0.1, -0.05) is 76.6 Å². The lowest BCUT2D eigenvalue weighted by atomic mass is 9.56. The van der Waals surface area contributed by atoms with Gasteiger partial charge in [-0.25, -0.2) is 0 Å². The first-order valence-electron chi connectivity index (χ1n) is 12.4. The summed E-state index contributed by atoms with van der Waals surface area (Å²) in [6, 6.07) is 9.47. The fraction of sp³-hybridized carbons (Fsp3) is 0.741. The smallest absolute Gasteiger partial charge is 0.0445 e. The molecule has 0 heterocycles. The molecule has 2 heteroatoms. The summed E-state index contributed by atoms with van der Waals surface area (Å²) in [5, 5.41) is 11.5. The van der Waals surface area contributed by atoms with Gasteiger partial charge in [0.25, 0.3) is 0 Å². The number of carbonyl (C=O) groups excluding carboxylic acids is 1. The van der Waals surface area contributed by atoms with Gasteiger partial charge in [-0.15, -0.1) is 0 Å². The van der Waals surface area contributed by atoms with Crippen LogP contribution < -0.4 is 5.11 Å². The average molecular weight is 398 g/mol. The monoisotopic (exact) mass is 397 g/mol. The molecule has 29 heavy (non-hydrogen) atoms. The Morgan fingerprint density at radius 1 is 0.931 bits per heavy atom. The van der Waals surface area contributed by atoms with E-state index in [-0.39, 0.29) is 11.3 Å². The molecule has 3 rings (SSSR count). The number of rotatable bonds is 9. The van der Waals surface area contributed by atoms with Gasteiger partial charge in [0.1, 0.15) is 0 Å². The maximum atomic E-state index is 11.5. The minimum atomic E-state index is -0.837. The SMILES string of the molecule is CCCCCc1ccc(C2(C3CCC(CCC)CC3)CCC(C(=O)[O-])CC2)cc1. The molecule has 0 atom stereocenters. The highest BCUT2D eigenvalue weighted by molar-refractivity contribution is 5.67. The van der Waals surface area contributed by atoms with Crippen LogP contribution in [0.25, 0.3) is 0 Å². The number of aliphatic carboxylic acids is 1. The van der Waals surface area contributed by atoms with Gasteiger partial charge in [-0.3, -0.25) is 0 Å². The lowest BCUT2D eigenvalue weighted by Crippen LogP contribution is -2.44. The third-order valence-electron chi connectivity index (χ3n) is 8.13. The zero-order chi connectivity index (χ0) is 20.7. The second-order valence-corrected chi connectivity index (χ2v) is 9.91. The Kier molecular flexibility index (Phi) is 8.21. The first-order chi connectivity index (χ1) is 14.1. The standard InChI is InChI=1S/C27H42O2/c1-3-5-6-8-22-11-15-25(16-12-22)27(19-17-23(18-20-27)26(28)29)24-13-9-21(7-4-2)10-14-24/h11-12,15-16,21,23-24H,3-10,13-14,17-20H2,1-2H3,(H,28,29)/p-1. The number of carboxylic acid groups (broad SMARTS) is 1. The van der Waals surface area contributed by atoms with Gasteiger partial charge in [-0.05, 0) is 85.7 Å². The molecule has 0 unspecified atom stereocenters. The van der Waals surface area contributed by atoms with Crippen molar-refractivity contribution in [1.82, 2.24) is 0 Å². The number of hydrogen-bond acceptors (Lipinski definition) is 2. The van der Waals surface area contributed by atoms with E-state index in [9.17, 15) is 9.90 Å². The highest BCUT2D eigenvalue weighted by Crippen LogP contribution is 2.52. The Balaban J connectivity index is 1.76. The maximum absolute atomic E-state index is 11.5. The number of carbonyl (C=O) groups is 1. The van der Waals surface area contributed by atoms with Gasteiger partial charge < -0.3 is 9.90 Å². The summed E-state index contributed by atoms with van der Waals surface area (Å²) in [6.45, 7) is 4.56. The molecule has 0 N–H and O–H groups in total. The van der Waals surface area contributed by atoms with Crippen molar-refractivity contribution in [3.8, 4) is 0 Å². The fourth-order valence-corrected chi connectivity index (χ4v) is 6.30. The zero-order valence-electron chi connectivity index (χ0n) is 18.8. The summed E-state index contributed by atoms with van der Waals surface area (Å²) in [4.78, 5) is 11.5. The average Bonchev–Trinajstić information content (AvgIpc) is 2.75. The second-order valence-electron chi connectivity index (χ2n) is 9.91. The summed E-state index contributed by atoms with van der Waals surface area (Å²) in [7, 11) is 0. The van der Waals surface area contributed by atoms with E-state index in [0.717, 1.165) is 31.6 Å². The van der Waals surface area contributed by atoms with E-state index in [1.54, 1.807) is 0 Å². The van der Waals surface area contributed by atoms with Crippen LogP contribution in [0.2, 0.25) is 0 Å². The Bertz CT molecular complexity index is 616. The number of benzene rings is 1. The van der Waals surface area contributed by atoms with Crippen LogP contribution in [0.1, 0.15) is 108 Å². The minimum absolute atomic E-state index is 0.186. The number of aryl methyl sites for hydroxylation is 1. The van der Waals surface area contributed by atoms with Gasteiger partial charge in [0.05, 0.1) is 0 Å². The summed E-state index contributed by atoms with van der Waals surface area (Å²) >= 11 is 0. The van der Waals surface area contributed by atoms with Crippen LogP contribution in [0.4, 0.5) is 0 Å². The van der Waals surface area contributed by atoms with Gasteiger partial charge in [-0.2, -0.15) is 0 Å². The molecule has 0 aliphatic heterocycles. The first-order valence-corrected chi connectivity index (χ1v) is 12.4. The molecule has 2 aliphatic rings. The minimum Gasteiger partial charge on any atom is -0.550 e. The third-order valence-corrected chi connectivity index (χ3v) is 8.13. The van der Waals surface area contributed by atoms with Crippen LogP contribution in [0.5, 0.6) is 0 Å². The zero-order valence-corrected chi connectivity index (χ0v) is 18.8. The molecule has 2 nitrogen and oxygen atoms in total. The summed E-state index contributed by atoms with van der Waals surface area (Å²) in [5.41, 5.74) is 3.12. The van der Waals surface area contributed by atoms with Crippen LogP contribution in [0, 0.1) is 17.8 Å². The molecule has 0 saturated heterocycles. The van der Waals surface area contributed by atoms with Crippen LogP contribution in [0.15, 0.2) is 24.3 Å². The van der Waals surface area contributed by atoms with E-state index < -0.39 is 5.97 Å². The van der Waals surface area contributed by atoms with E-state index in [2.05, 4.69) is 38.1 Å². The van der Waals surface area contributed by atoms with Gasteiger partial charge in [0, 0.05) is 5.97 Å². The molecule has 0 bridgehead atoms. The number of hydrogen-bond donors (Lipinski definition) is 0. The van der Waals surface area contributed by atoms with Crippen molar-refractivity contribution in [2.24, 2.45) is 17.8 Å². The van der Waals surface area contributed by atoms with Crippen LogP contribution in [-0.4, -0.2) is 5.97 Å². The topological polar surface area (TPSA) is 40.1 Å². The summed E-state index contributed by atoms with van der Waals surface area (Å²) in [5.74, 6) is 0.544. The quantitative estimate of drug-likeness (QED) is 0.465. The van der Waals surface area contributed by atoms with Crippen molar-refractivity contribution in [3.05, 3.63) is 35.4 Å². The second kappa shape index (κ2) is 10.6. The third kappa shape index (κ3) is 5.44. The highest BCUT2D eigenvalue weighted by Gasteiger charge is 2.44. The molecule has 1 aromatic rings. The van der Waals surface area contributed by atoms with Crippen molar-refractivity contribution in [1.29, 1.82) is 0 Å². The predicted molar refractivity (Wildman–Crippen MR) is 119 cm³/mol. The fourth-order valence-electron chi connectivity index (χ4n) is 6.30. The van der Waals surface area contributed by atoms with Crippen molar-refractivity contribution < 1.29 is 9.90 Å². The lowest BCUT2D eigenvalue weighted by Gasteiger charge is -2.49. The molecule has 0 spiro atoms. The van der Waals surface area contributed by atoms with Gasteiger partial charge in [0.15, 0.2) is 0 Å². The predicted octanol–water partition coefficient (Wildman–Crippen LogP) is 6.20. The van der Waals surface area contributed by atoms with Crippen LogP contribution in [-0.2, 0) is 16.6 Å². The Morgan fingerprint density at radius 2 is 1.59 bits per heavy atom. The molecule has 2 fully saturated rings. The van der Waals surface area contributed by atoms with Crippen molar-refractivity contribution in [2.45, 2.75) is 109 Å². The van der Waals surface area contributed by atoms with Crippen molar-refractivity contribution in [2.75, 3.05) is 0 Å². The molecule has 0 radical (unpaired) electrons. The largest absolute Gasteiger partial charge is 0.550 e. The van der Waals surface area contributed by atoms with E-state index in [0.29, 0.717) is 5.92 Å². The van der Waals surface area contributed by atoms with Crippen LogP contribution >= 0.6 is 0 Å². The molecular formula is C27H41O2-. The molecular weight excluding hydrogens is 356 g/mol. The van der Waals surface area contributed by atoms with Gasteiger partial charge >= 0.3 is 0 Å². The number of unbranched alkanes of at least 4 members (excludes halogenated alkanes) is 2. The molecule has 2 aliphatic carbocycles. The maximum Gasteiger partial charge on any atom is 0.0445 e. The summed E-state index contributed by atoms with van der Waals surface area (Å²) < 4.78 is 0. The van der Waals surface area contributed by atoms with E-state index in [4.69, 9.17) is 0 Å². The molecule has 1 aromatic carbocycles. The number of carboxylic acids is 1. The first kappa shape index (κ1) is 22.4. The van der Waals surface area contributed by atoms with E-state index >= 15 is 0 Å². The Morgan fingerprint density at radius 3 is 2.14 bits per heavy atom. The van der Waals surface area contributed by atoms with Crippen molar-refractivity contribution in [3.63, 3.8) is 0 Å². The Hall–Kier alpha value is -1.31. The Labute approximate surface area is 178 Å². The molecule has 2 saturated carbocycles. The summed E-state index contributed by atoms with van der Waals surface area (Å²) in [6.07, 6.45) is 16.7. The van der Waals surface area contributed by atoms with Crippen LogP contribution in [0.3, 0.4) is 0 Å². The van der Waals surface area contributed by atoms with E-state index in [1.807, 2.05) is 0 Å². The lowest BCUT2D eigenvalue weighted by molar-refractivity contribution is -0.312. The molecule has 162 valence electrons. The van der Waals surface area contributed by atoms with Gasteiger partial charge in [0.2, 0.25) is 0 Å². The van der Waals surface area contributed by atoms with E-state index in [1.165, 1.54) is 75.3 Å².